The summed E-state index contributed by atoms with van der Waals surface area (Å²) in [5.74, 6) is 0.855. The number of amides is 2. The average molecular weight is 424 g/mol. The van der Waals surface area contributed by atoms with Crippen molar-refractivity contribution in [3.63, 3.8) is 0 Å². The van der Waals surface area contributed by atoms with Gasteiger partial charge in [-0.05, 0) is 48.9 Å². The van der Waals surface area contributed by atoms with Gasteiger partial charge in [-0.15, -0.1) is 10.2 Å². The molecule has 1 fully saturated rings. The van der Waals surface area contributed by atoms with Crippen molar-refractivity contribution in [1.29, 1.82) is 0 Å². The minimum absolute atomic E-state index is 0.336. The summed E-state index contributed by atoms with van der Waals surface area (Å²) in [4.78, 5) is 14.4. The van der Waals surface area contributed by atoms with Crippen LogP contribution in [-0.2, 0) is 4.74 Å². The highest BCUT2D eigenvalue weighted by atomic mass is 35.5. The molecule has 1 aliphatic rings. The molecule has 1 aliphatic heterocycles. The summed E-state index contributed by atoms with van der Waals surface area (Å²) in [7, 11) is 0. The van der Waals surface area contributed by atoms with Crippen LogP contribution in [0.25, 0.3) is 11.3 Å². The monoisotopic (exact) mass is 423 g/mol. The van der Waals surface area contributed by atoms with Crippen LogP contribution >= 0.6 is 11.6 Å². The first-order valence-electron chi connectivity index (χ1n) is 9.69. The van der Waals surface area contributed by atoms with Crippen LogP contribution in [0.1, 0.15) is 5.56 Å². The SMILES string of the molecule is Cc1ccc(NC(=O)Nc2ccc(-c3ccc(N4CCOCC4)nn3)cc2)cc1Cl. The van der Waals surface area contributed by atoms with Crippen LogP contribution in [0.15, 0.2) is 54.6 Å². The van der Waals surface area contributed by atoms with E-state index in [4.69, 9.17) is 16.3 Å². The lowest BCUT2D eigenvalue weighted by molar-refractivity contribution is 0.122. The molecular weight excluding hydrogens is 402 g/mol. The van der Waals surface area contributed by atoms with Crippen LogP contribution in [0, 0.1) is 6.92 Å². The molecular formula is C22H22ClN5O2. The first-order chi connectivity index (χ1) is 14.6. The number of ether oxygens (including phenoxy) is 1. The fourth-order valence-electron chi connectivity index (χ4n) is 3.13. The number of morpholine rings is 1. The van der Waals surface area contributed by atoms with Gasteiger partial charge in [0.1, 0.15) is 0 Å². The first kappa shape index (κ1) is 20.1. The smallest absolute Gasteiger partial charge is 0.323 e. The lowest BCUT2D eigenvalue weighted by Gasteiger charge is -2.27. The number of anilines is 3. The molecule has 7 nitrogen and oxygen atoms in total. The molecule has 2 heterocycles. The third-order valence-corrected chi connectivity index (χ3v) is 5.26. The van der Waals surface area contributed by atoms with Crippen molar-refractivity contribution in [2.75, 3.05) is 41.8 Å². The Labute approximate surface area is 180 Å². The Hall–Kier alpha value is -3.16. The predicted molar refractivity (Wildman–Crippen MR) is 119 cm³/mol. The summed E-state index contributed by atoms with van der Waals surface area (Å²) in [6.07, 6.45) is 0. The number of urea groups is 1. The van der Waals surface area contributed by atoms with Crippen LogP contribution in [0.2, 0.25) is 5.02 Å². The molecule has 30 heavy (non-hydrogen) atoms. The largest absolute Gasteiger partial charge is 0.378 e. The highest BCUT2D eigenvalue weighted by Gasteiger charge is 2.13. The molecule has 0 radical (unpaired) electrons. The summed E-state index contributed by atoms with van der Waals surface area (Å²) in [5.41, 5.74) is 3.96. The van der Waals surface area contributed by atoms with E-state index in [1.54, 1.807) is 6.07 Å². The lowest BCUT2D eigenvalue weighted by Crippen LogP contribution is -2.36. The van der Waals surface area contributed by atoms with E-state index in [0.717, 1.165) is 35.7 Å². The Kier molecular flexibility index (Phi) is 6.11. The second kappa shape index (κ2) is 9.11. The Morgan fingerprint density at radius 2 is 1.67 bits per heavy atom. The average Bonchev–Trinajstić information content (AvgIpc) is 2.77. The Balaban J connectivity index is 1.37. The standard InChI is InChI=1S/C22H22ClN5O2/c1-15-2-5-18(14-19(15)23)25-22(29)24-17-6-3-16(4-7-17)20-8-9-21(27-26-20)28-10-12-30-13-11-28/h2-9,14H,10-13H2,1H3,(H2,24,25,29). The lowest BCUT2D eigenvalue weighted by atomic mass is 10.1. The number of halogens is 1. The number of nitrogens with one attached hydrogen (secondary N) is 2. The van der Waals surface area contributed by atoms with Gasteiger partial charge in [0.05, 0.1) is 18.9 Å². The zero-order valence-corrected chi connectivity index (χ0v) is 17.3. The second-order valence-electron chi connectivity index (χ2n) is 7.00. The number of hydrogen-bond acceptors (Lipinski definition) is 5. The zero-order chi connectivity index (χ0) is 20.9. The summed E-state index contributed by atoms with van der Waals surface area (Å²) in [6.45, 7) is 4.98. The van der Waals surface area contributed by atoms with E-state index in [1.807, 2.05) is 55.5 Å². The van der Waals surface area contributed by atoms with Crippen molar-refractivity contribution in [3.8, 4) is 11.3 Å². The summed E-state index contributed by atoms with van der Waals surface area (Å²) in [5, 5.41) is 14.9. The van der Waals surface area contributed by atoms with Gasteiger partial charge in [-0.25, -0.2) is 4.79 Å². The van der Waals surface area contributed by atoms with E-state index in [1.165, 1.54) is 0 Å². The minimum atomic E-state index is -0.336. The maximum Gasteiger partial charge on any atom is 0.323 e. The van der Waals surface area contributed by atoms with E-state index in [9.17, 15) is 4.79 Å². The van der Waals surface area contributed by atoms with Gasteiger partial charge in [0, 0.05) is 35.1 Å². The van der Waals surface area contributed by atoms with Crippen molar-refractivity contribution in [3.05, 3.63) is 65.2 Å². The molecule has 0 spiro atoms. The number of hydrogen-bond donors (Lipinski definition) is 2. The molecule has 2 amide bonds. The van der Waals surface area contributed by atoms with Crippen molar-refractivity contribution in [2.45, 2.75) is 6.92 Å². The molecule has 2 aromatic carbocycles. The van der Waals surface area contributed by atoms with E-state index >= 15 is 0 Å². The van der Waals surface area contributed by atoms with Crippen molar-refractivity contribution >= 4 is 34.8 Å². The van der Waals surface area contributed by atoms with Crippen LogP contribution in [0.4, 0.5) is 22.0 Å². The zero-order valence-electron chi connectivity index (χ0n) is 16.6. The number of aromatic nitrogens is 2. The third kappa shape index (κ3) is 4.87. The molecule has 1 saturated heterocycles. The highest BCUT2D eigenvalue weighted by Crippen LogP contribution is 2.22. The van der Waals surface area contributed by atoms with Gasteiger partial charge in [0.25, 0.3) is 0 Å². The fourth-order valence-corrected chi connectivity index (χ4v) is 3.31. The summed E-state index contributed by atoms with van der Waals surface area (Å²) in [6, 6.07) is 16.4. The van der Waals surface area contributed by atoms with Crippen LogP contribution < -0.4 is 15.5 Å². The molecule has 3 aromatic rings. The van der Waals surface area contributed by atoms with Crippen LogP contribution in [0.5, 0.6) is 0 Å². The van der Waals surface area contributed by atoms with Gasteiger partial charge in [0.15, 0.2) is 5.82 Å². The normalized spacial score (nSPS) is 13.7. The van der Waals surface area contributed by atoms with Gasteiger partial charge >= 0.3 is 6.03 Å². The molecule has 1 aromatic heterocycles. The van der Waals surface area contributed by atoms with Gasteiger partial charge in [0.2, 0.25) is 0 Å². The molecule has 0 saturated carbocycles. The maximum atomic E-state index is 12.2. The predicted octanol–water partition coefficient (Wildman–Crippen LogP) is 4.59. The van der Waals surface area contributed by atoms with Crippen molar-refractivity contribution in [1.82, 2.24) is 10.2 Å². The van der Waals surface area contributed by atoms with Crippen molar-refractivity contribution in [2.24, 2.45) is 0 Å². The number of carbonyl (C=O) groups excluding carboxylic acids is 1. The van der Waals surface area contributed by atoms with Crippen LogP contribution in [0.3, 0.4) is 0 Å². The van der Waals surface area contributed by atoms with E-state index < -0.39 is 0 Å². The molecule has 0 atom stereocenters. The van der Waals surface area contributed by atoms with Gasteiger partial charge in [-0.3, -0.25) is 0 Å². The second-order valence-corrected chi connectivity index (χ2v) is 7.40. The molecule has 154 valence electrons. The van der Waals surface area contributed by atoms with E-state index in [-0.39, 0.29) is 6.03 Å². The Bertz CT molecular complexity index is 1020. The minimum Gasteiger partial charge on any atom is -0.378 e. The molecule has 4 rings (SSSR count). The quantitative estimate of drug-likeness (QED) is 0.641. The molecule has 0 aliphatic carbocycles. The number of rotatable bonds is 4. The van der Waals surface area contributed by atoms with E-state index in [2.05, 4.69) is 25.7 Å². The van der Waals surface area contributed by atoms with Crippen molar-refractivity contribution < 1.29 is 9.53 Å². The maximum absolute atomic E-state index is 12.2. The highest BCUT2D eigenvalue weighted by molar-refractivity contribution is 6.31. The van der Waals surface area contributed by atoms with E-state index in [0.29, 0.717) is 29.6 Å². The summed E-state index contributed by atoms with van der Waals surface area (Å²) >= 11 is 6.10. The van der Waals surface area contributed by atoms with Gasteiger partial charge in [-0.2, -0.15) is 0 Å². The first-order valence-corrected chi connectivity index (χ1v) is 10.1. The Morgan fingerprint density at radius 1 is 0.967 bits per heavy atom. The Morgan fingerprint density at radius 3 is 2.33 bits per heavy atom. The molecule has 0 bridgehead atoms. The van der Waals surface area contributed by atoms with Gasteiger partial charge in [-0.1, -0.05) is 29.8 Å². The molecule has 0 unspecified atom stereocenters. The molecule has 2 N–H and O–H groups in total. The number of aryl methyl sites for hydroxylation is 1. The fraction of sp³-hybridized carbons (Fsp3) is 0.227. The third-order valence-electron chi connectivity index (χ3n) is 4.85. The number of benzene rings is 2. The molecule has 8 heteroatoms. The topological polar surface area (TPSA) is 79.4 Å². The number of carbonyl (C=O) groups is 1. The number of nitrogens with zero attached hydrogens (tertiary/aromatic N) is 3. The summed E-state index contributed by atoms with van der Waals surface area (Å²) < 4.78 is 5.37. The van der Waals surface area contributed by atoms with Crippen LogP contribution in [-0.4, -0.2) is 42.5 Å². The van der Waals surface area contributed by atoms with Gasteiger partial charge < -0.3 is 20.3 Å².